The smallest absolute Gasteiger partial charge is 0.296 e. The number of nitro benzene ring substituents is 1. The lowest BCUT2D eigenvalue weighted by Crippen LogP contribution is -2.29. The van der Waals surface area contributed by atoms with Crippen molar-refractivity contribution in [1.29, 1.82) is 0 Å². The van der Waals surface area contributed by atoms with Gasteiger partial charge in [-0.3, -0.25) is 10.1 Å². The van der Waals surface area contributed by atoms with Crippen LogP contribution in [0.25, 0.3) is 0 Å². The molecule has 0 fully saturated rings. The maximum Gasteiger partial charge on any atom is 0.296 e. The molecule has 0 aromatic heterocycles. The van der Waals surface area contributed by atoms with Gasteiger partial charge in [0.1, 0.15) is 11.4 Å². The average molecular weight is 239 g/mol. The number of hydrogen-bond donors (Lipinski definition) is 1. The number of nitro groups is 1. The number of hydrogen-bond acceptors (Lipinski definition) is 5. The van der Waals surface area contributed by atoms with Crippen molar-refractivity contribution in [2.24, 2.45) is 5.73 Å². The summed E-state index contributed by atoms with van der Waals surface area (Å²) in [5, 5.41) is 11.0. The molecule has 1 rings (SSSR count). The van der Waals surface area contributed by atoms with Crippen molar-refractivity contribution in [3.8, 4) is 5.75 Å². The Balaban J connectivity index is 3.16. The van der Waals surface area contributed by atoms with Gasteiger partial charge < -0.3 is 15.4 Å². The van der Waals surface area contributed by atoms with E-state index in [9.17, 15) is 10.1 Å². The third-order valence-corrected chi connectivity index (χ3v) is 2.50. The van der Waals surface area contributed by atoms with E-state index in [0.29, 0.717) is 31.1 Å². The van der Waals surface area contributed by atoms with Crippen LogP contribution in [0, 0.1) is 10.1 Å². The van der Waals surface area contributed by atoms with Gasteiger partial charge in [0.15, 0.2) is 0 Å². The lowest BCUT2D eigenvalue weighted by molar-refractivity contribution is -0.384. The van der Waals surface area contributed by atoms with Crippen LogP contribution in [0.4, 0.5) is 11.4 Å². The van der Waals surface area contributed by atoms with Gasteiger partial charge in [-0.15, -0.1) is 0 Å². The molecule has 6 heteroatoms. The van der Waals surface area contributed by atoms with Crippen molar-refractivity contribution >= 4 is 11.4 Å². The van der Waals surface area contributed by atoms with E-state index in [-0.39, 0.29) is 5.69 Å². The molecular weight excluding hydrogens is 222 g/mol. The Kier molecular flexibility index (Phi) is 4.71. The molecule has 6 nitrogen and oxygen atoms in total. The number of likely N-dealkylation sites (N-methyl/N-ethyl adjacent to an activating group) is 1. The minimum absolute atomic E-state index is 0.0413. The Hall–Kier alpha value is -1.82. The molecule has 0 saturated carbocycles. The Morgan fingerprint density at radius 2 is 2.24 bits per heavy atom. The first kappa shape index (κ1) is 13.2. The van der Waals surface area contributed by atoms with Gasteiger partial charge >= 0.3 is 0 Å². The average Bonchev–Trinajstić information content (AvgIpc) is 2.35. The van der Waals surface area contributed by atoms with Crippen LogP contribution in [0.3, 0.4) is 0 Å². The minimum Gasteiger partial charge on any atom is -0.496 e. The molecule has 0 unspecified atom stereocenters. The lowest BCUT2D eigenvalue weighted by atomic mass is 10.2. The second-order valence-corrected chi connectivity index (χ2v) is 3.48. The molecule has 0 radical (unpaired) electrons. The first-order chi connectivity index (χ1) is 8.13. The zero-order chi connectivity index (χ0) is 12.8. The molecule has 0 aliphatic carbocycles. The standard InChI is InChI=1S/C11H17N3O3/c1-3-13(7-6-12)10-5-4-9(17-2)8-11(10)14(15)16/h4-5,8H,3,6-7,12H2,1-2H3. The number of anilines is 1. The molecular formula is C11H17N3O3. The molecule has 0 atom stereocenters. The highest BCUT2D eigenvalue weighted by atomic mass is 16.6. The molecule has 0 aliphatic rings. The fraction of sp³-hybridized carbons (Fsp3) is 0.455. The molecule has 0 bridgehead atoms. The molecule has 1 aromatic rings. The van der Waals surface area contributed by atoms with Crippen LogP contribution in [-0.4, -0.2) is 31.7 Å². The van der Waals surface area contributed by atoms with Crippen molar-refractivity contribution in [3.63, 3.8) is 0 Å². The van der Waals surface area contributed by atoms with E-state index >= 15 is 0 Å². The highest BCUT2D eigenvalue weighted by Crippen LogP contribution is 2.31. The topological polar surface area (TPSA) is 81.6 Å². The molecule has 1 aromatic carbocycles. The molecule has 17 heavy (non-hydrogen) atoms. The Labute approximate surface area is 100 Å². The fourth-order valence-electron chi connectivity index (χ4n) is 1.65. The van der Waals surface area contributed by atoms with Crippen LogP contribution in [0.15, 0.2) is 18.2 Å². The zero-order valence-electron chi connectivity index (χ0n) is 10.0. The second-order valence-electron chi connectivity index (χ2n) is 3.48. The van der Waals surface area contributed by atoms with Crippen LogP contribution in [0.2, 0.25) is 0 Å². The van der Waals surface area contributed by atoms with Crippen LogP contribution in [0.1, 0.15) is 6.92 Å². The van der Waals surface area contributed by atoms with Gasteiger partial charge in [0.05, 0.1) is 18.1 Å². The molecule has 0 amide bonds. The second kappa shape index (κ2) is 6.05. The van der Waals surface area contributed by atoms with E-state index in [1.165, 1.54) is 13.2 Å². The normalized spacial score (nSPS) is 10.1. The largest absolute Gasteiger partial charge is 0.496 e. The van der Waals surface area contributed by atoms with Gasteiger partial charge in [0, 0.05) is 19.6 Å². The van der Waals surface area contributed by atoms with Crippen LogP contribution < -0.4 is 15.4 Å². The highest BCUT2D eigenvalue weighted by molar-refractivity contribution is 5.65. The summed E-state index contributed by atoms with van der Waals surface area (Å²) in [6.07, 6.45) is 0. The summed E-state index contributed by atoms with van der Waals surface area (Å²) in [4.78, 5) is 12.5. The summed E-state index contributed by atoms with van der Waals surface area (Å²) in [6.45, 7) is 3.65. The highest BCUT2D eigenvalue weighted by Gasteiger charge is 2.19. The third-order valence-electron chi connectivity index (χ3n) is 2.50. The number of methoxy groups -OCH3 is 1. The van der Waals surface area contributed by atoms with Crippen molar-refractivity contribution in [2.45, 2.75) is 6.92 Å². The summed E-state index contributed by atoms with van der Waals surface area (Å²) in [5.74, 6) is 0.476. The quantitative estimate of drug-likeness (QED) is 0.599. The summed E-state index contributed by atoms with van der Waals surface area (Å²) < 4.78 is 4.99. The van der Waals surface area contributed by atoms with Gasteiger partial charge in [-0.25, -0.2) is 0 Å². The number of benzene rings is 1. The molecule has 94 valence electrons. The first-order valence-corrected chi connectivity index (χ1v) is 5.41. The minimum atomic E-state index is -0.406. The van der Waals surface area contributed by atoms with Crippen LogP contribution in [0.5, 0.6) is 5.75 Å². The number of ether oxygens (including phenoxy) is 1. The summed E-state index contributed by atoms with van der Waals surface area (Å²) in [5.41, 5.74) is 6.10. The van der Waals surface area contributed by atoms with Gasteiger partial charge in [-0.1, -0.05) is 0 Å². The van der Waals surface area contributed by atoms with Crippen LogP contribution >= 0.6 is 0 Å². The van der Waals surface area contributed by atoms with E-state index in [0.717, 1.165) is 0 Å². The Morgan fingerprint density at radius 3 is 2.71 bits per heavy atom. The molecule has 0 aliphatic heterocycles. The third kappa shape index (κ3) is 3.07. The van der Waals surface area contributed by atoms with E-state index < -0.39 is 4.92 Å². The molecule has 0 saturated heterocycles. The van der Waals surface area contributed by atoms with E-state index in [2.05, 4.69) is 0 Å². The lowest BCUT2D eigenvalue weighted by Gasteiger charge is -2.22. The fourth-order valence-corrected chi connectivity index (χ4v) is 1.65. The van der Waals surface area contributed by atoms with Crippen molar-refractivity contribution < 1.29 is 9.66 Å². The van der Waals surface area contributed by atoms with Crippen molar-refractivity contribution in [3.05, 3.63) is 28.3 Å². The first-order valence-electron chi connectivity index (χ1n) is 5.41. The Morgan fingerprint density at radius 1 is 1.53 bits per heavy atom. The van der Waals surface area contributed by atoms with E-state index in [1.54, 1.807) is 12.1 Å². The maximum absolute atomic E-state index is 11.0. The van der Waals surface area contributed by atoms with E-state index in [1.807, 2.05) is 11.8 Å². The predicted octanol–water partition coefficient (Wildman–Crippen LogP) is 1.39. The van der Waals surface area contributed by atoms with Crippen LogP contribution in [-0.2, 0) is 0 Å². The monoisotopic (exact) mass is 239 g/mol. The van der Waals surface area contributed by atoms with Gasteiger partial charge in [0.2, 0.25) is 0 Å². The Bertz CT molecular complexity index is 396. The summed E-state index contributed by atoms with van der Waals surface area (Å²) >= 11 is 0. The van der Waals surface area contributed by atoms with Crippen molar-refractivity contribution in [2.75, 3.05) is 31.6 Å². The number of nitrogens with two attached hydrogens (primary N) is 1. The number of nitrogens with zero attached hydrogens (tertiary/aromatic N) is 2. The van der Waals surface area contributed by atoms with Crippen molar-refractivity contribution in [1.82, 2.24) is 0 Å². The molecule has 2 N–H and O–H groups in total. The molecule has 0 spiro atoms. The molecule has 0 heterocycles. The van der Waals surface area contributed by atoms with E-state index in [4.69, 9.17) is 10.5 Å². The number of rotatable bonds is 6. The maximum atomic E-state index is 11.0. The summed E-state index contributed by atoms with van der Waals surface area (Å²) in [7, 11) is 1.48. The van der Waals surface area contributed by atoms with Gasteiger partial charge in [-0.05, 0) is 19.1 Å². The van der Waals surface area contributed by atoms with Gasteiger partial charge in [0.25, 0.3) is 5.69 Å². The summed E-state index contributed by atoms with van der Waals surface area (Å²) in [6, 6.07) is 4.83. The zero-order valence-corrected chi connectivity index (χ0v) is 10.0. The SMILES string of the molecule is CCN(CCN)c1ccc(OC)cc1[N+](=O)[O-]. The predicted molar refractivity (Wildman–Crippen MR) is 66.6 cm³/mol. The van der Waals surface area contributed by atoms with Gasteiger partial charge in [-0.2, -0.15) is 0 Å².